The number of hydrogen-bond acceptors (Lipinski definition) is 4. The lowest BCUT2D eigenvalue weighted by Gasteiger charge is -2.24. The van der Waals surface area contributed by atoms with Crippen LogP contribution in [0.4, 0.5) is 9.59 Å². The van der Waals surface area contributed by atoms with Gasteiger partial charge in [-0.1, -0.05) is 26.0 Å². The van der Waals surface area contributed by atoms with Gasteiger partial charge < -0.3 is 19.3 Å². The summed E-state index contributed by atoms with van der Waals surface area (Å²) >= 11 is 0. The van der Waals surface area contributed by atoms with Crippen LogP contribution in [0.2, 0.25) is 0 Å². The second kappa shape index (κ2) is 10.0. The number of nitrogens with zero attached hydrogens (tertiary/aromatic N) is 2. The highest BCUT2D eigenvalue weighted by Crippen LogP contribution is 2.39. The molecule has 0 fully saturated rings. The Balaban J connectivity index is 3.33. The lowest BCUT2D eigenvalue weighted by Crippen LogP contribution is -2.35. The number of ether oxygens (including phenoxy) is 2. The molecule has 0 atom stereocenters. The van der Waals surface area contributed by atoms with E-state index in [1.807, 2.05) is 60.6 Å². The van der Waals surface area contributed by atoms with Crippen LogP contribution < -0.4 is 9.47 Å². The lowest BCUT2D eigenvalue weighted by molar-refractivity contribution is 0.146. The molecule has 26 heavy (non-hydrogen) atoms. The Morgan fingerprint density at radius 2 is 1.27 bits per heavy atom. The maximum Gasteiger partial charge on any atom is 0.415 e. The number of carbonyl (C=O) groups excluding carboxylic acids is 2. The second-order valence-corrected chi connectivity index (χ2v) is 6.37. The van der Waals surface area contributed by atoms with Gasteiger partial charge in [0.05, 0.1) is 0 Å². The first-order valence-electron chi connectivity index (χ1n) is 9.37. The molecule has 146 valence electrons. The largest absolute Gasteiger partial charge is 0.415 e. The van der Waals surface area contributed by atoms with Crippen LogP contribution in [0, 0.1) is 6.92 Å². The molecule has 0 saturated heterocycles. The SMILES string of the molecule is CCN(CC)C(=O)Oc1c(C)ccc(C(C)C)c1OC(=O)N(CC)CC. The summed E-state index contributed by atoms with van der Waals surface area (Å²) in [5, 5.41) is 0. The van der Waals surface area contributed by atoms with Crippen molar-refractivity contribution in [1.29, 1.82) is 0 Å². The quantitative estimate of drug-likeness (QED) is 0.697. The molecular weight excluding hydrogens is 332 g/mol. The first kappa shape index (κ1) is 21.8. The van der Waals surface area contributed by atoms with Crippen molar-refractivity contribution in [3.05, 3.63) is 23.3 Å². The predicted octanol–water partition coefficient (Wildman–Crippen LogP) is 4.80. The Hall–Kier alpha value is -2.24. The predicted molar refractivity (Wildman–Crippen MR) is 103 cm³/mol. The molecule has 0 radical (unpaired) electrons. The van der Waals surface area contributed by atoms with Gasteiger partial charge in [-0.15, -0.1) is 0 Å². The Kier molecular flexibility index (Phi) is 8.42. The average Bonchev–Trinajstić information content (AvgIpc) is 2.59. The van der Waals surface area contributed by atoms with Crippen LogP contribution in [0.5, 0.6) is 11.5 Å². The number of hydrogen-bond donors (Lipinski definition) is 0. The minimum absolute atomic E-state index is 0.112. The number of carbonyl (C=O) groups is 2. The number of rotatable bonds is 7. The summed E-state index contributed by atoms with van der Waals surface area (Å²) in [7, 11) is 0. The molecule has 0 N–H and O–H groups in total. The molecule has 0 aromatic heterocycles. The van der Waals surface area contributed by atoms with Crippen molar-refractivity contribution in [2.24, 2.45) is 0 Å². The number of benzene rings is 1. The van der Waals surface area contributed by atoms with Crippen molar-refractivity contribution >= 4 is 12.2 Å². The van der Waals surface area contributed by atoms with Gasteiger partial charge in [0.25, 0.3) is 0 Å². The molecule has 0 aliphatic heterocycles. The van der Waals surface area contributed by atoms with Gasteiger partial charge in [0.1, 0.15) is 0 Å². The Bertz CT molecular complexity index is 620. The molecule has 1 aromatic carbocycles. The third-order valence-corrected chi connectivity index (χ3v) is 4.38. The van der Waals surface area contributed by atoms with Crippen LogP contribution in [0.15, 0.2) is 12.1 Å². The normalized spacial score (nSPS) is 10.6. The molecule has 0 saturated carbocycles. The molecule has 1 rings (SSSR count). The maximum atomic E-state index is 12.5. The van der Waals surface area contributed by atoms with E-state index in [1.165, 1.54) is 0 Å². The zero-order chi connectivity index (χ0) is 19.9. The van der Waals surface area contributed by atoms with Gasteiger partial charge in [-0.3, -0.25) is 0 Å². The third kappa shape index (κ3) is 5.13. The monoisotopic (exact) mass is 364 g/mol. The summed E-state index contributed by atoms with van der Waals surface area (Å²) < 4.78 is 11.4. The van der Waals surface area contributed by atoms with Gasteiger partial charge in [0.2, 0.25) is 0 Å². The molecule has 1 aromatic rings. The lowest BCUT2D eigenvalue weighted by atomic mass is 9.99. The highest BCUT2D eigenvalue weighted by atomic mass is 16.6. The molecule has 0 spiro atoms. The van der Waals surface area contributed by atoms with E-state index in [0.29, 0.717) is 37.7 Å². The summed E-state index contributed by atoms with van der Waals surface area (Å²) in [4.78, 5) is 28.1. The van der Waals surface area contributed by atoms with Crippen LogP contribution in [-0.4, -0.2) is 48.2 Å². The van der Waals surface area contributed by atoms with E-state index >= 15 is 0 Å². The molecule has 0 unspecified atom stereocenters. The van der Waals surface area contributed by atoms with Crippen molar-refractivity contribution in [3.8, 4) is 11.5 Å². The van der Waals surface area contributed by atoms with Gasteiger partial charge in [-0.25, -0.2) is 9.59 Å². The second-order valence-electron chi connectivity index (χ2n) is 6.37. The number of aryl methyl sites for hydroxylation is 1. The van der Waals surface area contributed by atoms with Gasteiger partial charge >= 0.3 is 12.2 Å². The highest BCUT2D eigenvalue weighted by molar-refractivity contribution is 5.76. The summed E-state index contributed by atoms with van der Waals surface area (Å²) in [6.45, 7) is 15.6. The first-order chi connectivity index (χ1) is 12.3. The summed E-state index contributed by atoms with van der Waals surface area (Å²) in [5.74, 6) is 0.757. The fourth-order valence-corrected chi connectivity index (χ4v) is 2.63. The van der Waals surface area contributed by atoms with Crippen LogP contribution in [-0.2, 0) is 0 Å². The molecule has 6 nitrogen and oxygen atoms in total. The minimum atomic E-state index is -0.445. The highest BCUT2D eigenvalue weighted by Gasteiger charge is 2.24. The van der Waals surface area contributed by atoms with Crippen LogP contribution in [0.1, 0.15) is 58.6 Å². The molecule has 6 heteroatoms. The van der Waals surface area contributed by atoms with Gasteiger partial charge in [0.15, 0.2) is 11.5 Å². The minimum Gasteiger partial charge on any atom is -0.406 e. The van der Waals surface area contributed by atoms with E-state index in [-0.39, 0.29) is 5.92 Å². The van der Waals surface area contributed by atoms with E-state index in [2.05, 4.69) is 0 Å². The average molecular weight is 364 g/mol. The Morgan fingerprint density at radius 1 is 0.846 bits per heavy atom. The van der Waals surface area contributed by atoms with E-state index < -0.39 is 12.2 Å². The van der Waals surface area contributed by atoms with E-state index in [9.17, 15) is 9.59 Å². The molecule has 0 aliphatic rings. The van der Waals surface area contributed by atoms with E-state index in [4.69, 9.17) is 9.47 Å². The van der Waals surface area contributed by atoms with Gasteiger partial charge in [0, 0.05) is 31.7 Å². The topological polar surface area (TPSA) is 59.1 Å². The van der Waals surface area contributed by atoms with Crippen LogP contribution in [0.3, 0.4) is 0 Å². The first-order valence-corrected chi connectivity index (χ1v) is 9.37. The molecule has 2 amide bonds. The molecular formula is C20H32N2O4. The molecule has 0 heterocycles. The Morgan fingerprint density at radius 3 is 1.65 bits per heavy atom. The zero-order valence-electron chi connectivity index (χ0n) is 17.1. The van der Waals surface area contributed by atoms with Gasteiger partial charge in [-0.2, -0.15) is 0 Å². The summed E-state index contributed by atoms with van der Waals surface area (Å²) in [6.07, 6.45) is -0.887. The number of amides is 2. The van der Waals surface area contributed by atoms with E-state index in [0.717, 1.165) is 11.1 Å². The fraction of sp³-hybridized carbons (Fsp3) is 0.600. The van der Waals surface area contributed by atoms with Crippen LogP contribution >= 0.6 is 0 Å². The van der Waals surface area contributed by atoms with Crippen molar-refractivity contribution in [1.82, 2.24) is 9.80 Å². The van der Waals surface area contributed by atoms with Crippen LogP contribution in [0.25, 0.3) is 0 Å². The third-order valence-electron chi connectivity index (χ3n) is 4.38. The van der Waals surface area contributed by atoms with E-state index in [1.54, 1.807) is 9.80 Å². The fourth-order valence-electron chi connectivity index (χ4n) is 2.63. The van der Waals surface area contributed by atoms with Crippen molar-refractivity contribution in [2.75, 3.05) is 26.2 Å². The molecule has 0 bridgehead atoms. The van der Waals surface area contributed by atoms with Crippen molar-refractivity contribution in [3.63, 3.8) is 0 Å². The molecule has 0 aliphatic carbocycles. The van der Waals surface area contributed by atoms with Gasteiger partial charge in [-0.05, 0) is 46.1 Å². The zero-order valence-corrected chi connectivity index (χ0v) is 17.1. The summed E-state index contributed by atoms with van der Waals surface area (Å²) in [6, 6.07) is 3.80. The Labute approximate surface area is 157 Å². The smallest absolute Gasteiger partial charge is 0.406 e. The summed E-state index contributed by atoms with van der Waals surface area (Å²) in [5.41, 5.74) is 1.58. The van der Waals surface area contributed by atoms with Crippen molar-refractivity contribution in [2.45, 2.75) is 54.4 Å². The van der Waals surface area contributed by atoms with Crippen molar-refractivity contribution < 1.29 is 19.1 Å². The maximum absolute atomic E-state index is 12.5. The standard InChI is InChI=1S/C20H32N2O4/c1-8-21(9-2)19(23)25-17-15(7)12-13-16(14(5)6)18(17)26-20(24)22(10-3)11-4/h12-14H,8-11H2,1-7H3.